The molecule has 1 atom stereocenters. The number of amides is 1. The Labute approximate surface area is 133 Å². The van der Waals surface area contributed by atoms with Crippen LogP contribution in [0.4, 0.5) is 5.82 Å². The summed E-state index contributed by atoms with van der Waals surface area (Å²) in [5.74, 6) is 0.166. The molecule has 0 saturated heterocycles. The zero-order valence-electron chi connectivity index (χ0n) is 12.8. The molecule has 118 valence electrons. The summed E-state index contributed by atoms with van der Waals surface area (Å²) in [5, 5.41) is 2.94. The summed E-state index contributed by atoms with van der Waals surface area (Å²) in [4.78, 5) is 24.5. The number of nitrogens with zero attached hydrogens (tertiary/aromatic N) is 4. The van der Waals surface area contributed by atoms with Crippen LogP contribution >= 0.6 is 0 Å². The average molecular weight is 310 g/mol. The van der Waals surface area contributed by atoms with E-state index in [9.17, 15) is 4.79 Å². The van der Waals surface area contributed by atoms with Crippen molar-refractivity contribution in [3.63, 3.8) is 0 Å². The van der Waals surface area contributed by atoms with Crippen LogP contribution in [0.5, 0.6) is 0 Å². The summed E-state index contributed by atoms with van der Waals surface area (Å²) in [6, 6.07) is 9.70. The number of imidazole rings is 1. The molecule has 0 spiro atoms. The minimum Gasteiger partial charge on any atom is -0.382 e. The van der Waals surface area contributed by atoms with Gasteiger partial charge in [0.15, 0.2) is 11.5 Å². The lowest BCUT2D eigenvalue weighted by Crippen LogP contribution is -2.30. The van der Waals surface area contributed by atoms with Crippen molar-refractivity contribution in [3.05, 3.63) is 48.5 Å². The quantitative estimate of drug-likeness (QED) is 0.740. The van der Waals surface area contributed by atoms with Crippen LogP contribution in [-0.2, 0) is 11.3 Å². The molecule has 7 heteroatoms. The summed E-state index contributed by atoms with van der Waals surface area (Å²) in [6.07, 6.45) is 3.06. The number of hydrogen-bond acceptors (Lipinski definition) is 5. The second-order valence-electron chi connectivity index (χ2n) is 5.29. The highest BCUT2D eigenvalue weighted by Gasteiger charge is 2.14. The Morgan fingerprint density at radius 1 is 1.26 bits per heavy atom. The zero-order chi connectivity index (χ0) is 16.2. The minimum absolute atomic E-state index is 0.00485. The second-order valence-corrected chi connectivity index (χ2v) is 5.29. The number of carbonyl (C=O) groups excluding carboxylic acids is 1. The molecule has 0 radical (unpaired) electrons. The smallest absolute Gasteiger partial charge is 0.227 e. The molecular formula is C16H18N6O. The first-order valence-corrected chi connectivity index (χ1v) is 7.41. The van der Waals surface area contributed by atoms with Crippen molar-refractivity contribution in [3.8, 4) is 0 Å². The van der Waals surface area contributed by atoms with Gasteiger partial charge in [-0.25, -0.2) is 15.0 Å². The summed E-state index contributed by atoms with van der Waals surface area (Å²) < 4.78 is 1.85. The number of aromatic nitrogens is 4. The fraction of sp³-hybridized carbons (Fsp3) is 0.250. The number of benzene rings is 1. The lowest BCUT2D eigenvalue weighted by Gasteiger charge is -2.12. The van der Waals surface area contributed by atoms with Crippen LogP contribution in [0, 0.1) is 0 Å². The predicted octanol–water partition coefficient (Wildman–Crippen LogP) is 1.33. The Morgan fingerprint density at radius 2 is 2.04 bits per heavy atom. The van der Waals surface area contributed by atoms with E-state index in [1.807, 2.05) is 41.8 Å². The van der Waals surface area contributed by atoms with Gasteiger partial charge in [-0.3, -0.25) is 4.79 Å². The van der Waals surface area contributed by atoms with Gasteiger partial charge in [-0.05, 0) is 12.5 Å². The Balaban J connectivity index is 1.60. The third-order valence-corrected chi connectivity index (χ3v) is 3.77. The molecule has 3 aromatic rings. The van der Waals surface area contributed by atoms with Crippen LogP contribution in [0.2, 0.25) is 0 Å². The molecular weight excluding hydrogens is 292 g/mol. The lowest BCUT2D eigenvalue weighted by molar-refractivity contribution is -0.122. The highest BCUT2D eigenvalue weighted by atomic mass is 16.1. The van der Waals surface area contributed by atoms with E-state index in [4.69, 9.17) is 5.73 Å². The van der Waals surface area contributed by atoms with Crippen LogP contribution in [0.15, 0.2) is 43.0 Å². The lowest BCUT2D eigenvalue weighted by atomic mass is 10.0. The van der Waals surface area contributed by atoms with Gasteiger partial charge in [0.05, 0.1) is 12.2 Å². The van der Waals surface area contributed by atoms with E-state index in [1.165, 1.54) is 6.33 Å². The van der Waals surface area contributed by atoms with Gasteiger partial charge in [-0.2, -0.15) is 0 Å². The predicted molar refractivity (Wildman–Crippen MR) is 87.6 cm³/mol. The third-order valence-electron chi connectivity index (χ3n) is 3.77. The van der Waals surface area contributed by atoms with Crippen LogP contribution in [0.1, 0.15) is 18.4 Å². The molecule has 0 saturated carbocycles. The molecule has 1 aromatic carbocycles. The van der Waals surface area contributed by atoms with Gasteiger partial charge in [0.25, 0.3) is 0 Å². The van der Waals surface area contributed by atoms with Crippen LogP contribution < -0.4 is 11.1 Å². The van der Waals surface area contributed by atoms with Crippen molar-refractivity contribution in [2.45, 2.75) is 19.4 Å². The fourth-order valence-corrected chi connectivity index (χ4v) is 2.41. The van der Waals surface area contributed by atoms with Gasteiger partial charge in [-0.15, -0.1) is 0 Å². The van der Waals surface area contributed by atoms with Crippen LogP contribution in [0.3, 0.4) is 0 Å². The SMILES string of the molecule is C[C@@H](C(=O)NCCn1cnc2c(N)ncnc21)c1ccccc1. The standard InChI is InChI=1S/C16H18N6O/c1-11(12-5-3-2-4-6-12)16(23)18-7-8-22-10-21-13-14(17)19-9-20-15(13)22/h2-6,9-11H,7-8H2,1H3,(H,18,23)(H2,17,19,20)/t11-/m1/s1. The molecule has 0 aliphatic heterocycles. The number of anilines is 1. The molecule has 0 aliphatic carbocycles. The normalized spacial score (nSPS) is 12.2. The second kappa shape index (κ2) is 6.43. The summed E-state index contributed by atoms with van der Waals surface area (Å²) in [6.45, 7) is 2.96. The number of nitrogen functional groups attached to an aromatic ring is 1. The van der Waals surface area contributed by atoms with Crippen molar-refractivity contribution in [1.29, 1.82) is 0 Å². The van der Waals surface area contributed by atoms with Crippen LogP contribution in [0.25, 0.3) is 11.2 Å². The summed E-state index contributed by atoms with van der Waals surface area (Å²) in [7, 11) is 0. The van der Waals surface area contributed by atoms with Gasteiger partial charge in [0.1, 0.15) is 11.8 Å². The van der Waals surface area contributed by atoms with E-state index in [0.717, 1.165) is 5.56 Å². The largest absolute Gasteiger partial charge is 0.382 e. The summed E-state index contributed by atoms with van der Waals surface area (Å²) in [5.41, 5.74) is 8.00. The van der Waals surface area contributed by atoms with E-state index >= 15 is 0 Å². The number of nitrogens with one attached hydrogen (secondary N) is 1. The van der Waals surface area contributed by atoms with Crippen LogP contribution in [-0.4, -0.2) is 32.0 Å². The first-order chi connectivity index (χ1) is 11.2. The molecule has 23 heavy (non-hydrogen) atoms. The minimum atomic E-state index is -0.186. The Hall–Kier alpha value is -2.96. The summed E-state index contributed by atoms with van der Waals surface area (Å²) >= 11 is 0. The molecule has 2 heterocycles. The maximum absolute atomic E-state index is 12.2. The monoisotopic (exact) mass is 310 g/mol. The molecule has 1 amide bonds. The number of fused-ring (bicyclic) bond motifs is 1. The van der Waals surface area contributed by atoms with Crippen molar-refractivity contribution >= 4 is 22.9 Å². The molecule has 0 fully saturated rings. The molecule has 3 N–H and O–H groups in total. The highest BCUT2D eigenvalue weighted by molar-refractivity contribution is 5.83. The van der Waals surface area contributed by atoms with Gasteiger partial charge in [0, 0.05) is 13.1 Å². The zero-order valence-corrected chi connectivity index (χ0v) is 12.8. The number of carbonyl (C=O) groups is 1. The molecule has 3 rings (SSSR count). The van der Waals surface area contributed by atoms with Gasteiger partial charge >= 0.3 is 0 Å². The third kappa shape index (κ3) is 3.13. The molecule has 2 aromatic heterocycles. The Bertz CT molecular complexity index is 814. The van der Waals surface area contributed by atoms with Crippen molar-refractivity contribution < 1.29 is 4.79 Å². The Kier molecular flexibility index (Phi) is 4.18. The molecule has 0 unspecified atom stereocenters. The van der Waals surface area contributed by atoms with Gasteiger partial charge < -0.3 is 15.6 Å². The number of nitrogens with two attached hydrogens (primary N) is 1. The number of hydrogen-bond donors (Lipinski definition) is 2. The maximum atomic E-state index is 12.2. The molecule has 0 aliphatic rings. The van der Waals surface area contributed by atoms with Crippen molar-refractivity contribution in [2.75, 3.05) is 12.3 Å². The molecule has 0 bridgehead atoms. The van der Waals surface area contributed by atoms with E-state index in [0.29, 0.717) is 30.1 Å². The van der Waals surface area contributed by atoms with Gasteiger partial charge in [-0.1, -0.05) is 30.3 Å². The van der Waals surface area contributed by atoms with E-state index < -0.39 is 0 Å². The first-order valence-electron chi connectivity index (χ1n) is 7.41. The highest BCUT2D eigenvalue weighted by Crippen LogP contribution is 2.15. The van der Waals surface area contributed by atoms with E-state index in [1.54, 1.807) is 6.33 Å². The average Bonchev–Trinajstić information content (AvgIpc) is 2.99. The molecule has 7 nitrogen and oxygen atoms in total. The topological polar surface area (TPSA) is 98.7 Å². The number of rotatable bonds is 5. The Morgan fingerprint density at radius 3 is 2.83 bits per heavy atom. The van der Waals surface area contributed by atoms with E-state index in [2.05, 4.69) is 20.3 Å². The first kappa shape index (κ1) is 15.0. The van der Waals surface area contributed by atoms with Crippen molar-refractivity contribution in [1.82, 2.24) is 24.8 Å². The van der Waals surface area contributed by atoms with Gasteiger partial charge in [0.2, 0.25) is 5.91 Å². The van der Waals surface area contributed by atoms with Crippen molar-refractivity contribution in [2.24, 2.45) is 0 Å². The maximum Gasteiger partial charge on any atom is 0.227 e. The van der Waals surface area contributed by atoms with E-state index in [-0.39, 0.29) is 11.8 Å². The fourth-order valence-electron chi connectivity index (χ4n) is 2.41.